The van der Waals surface area contributed by atoms with Crippen LogP contribution in [0.1, 0.15) is 36.7 Å². The molecule has 1 aliphatic heterocycles. The number of fused-ring (bicyclic) bond motifs is 1. The fourth-order valence-corrected chi connectivity index (χ4v) is 5.48. The number of furan rings is 1. The molecule has 164 valence electrons. The first-order chi connectivity index (χ1) is 14.9. The van der Waals surface area contributed by atoms with Gasteiger partial charge in [-0.1, -0.05) is 18.0 Å². The Morgan fingerprint density at radius 2 is 1.90 bits per heavy atom. The van der Waals surface area contributed by atoms with E-state index in [0.29, 0.717) is 41.4 Å². The van der Waals surface area contributed by atoms with Gasteiger partial charge in [-0.3, -0.25) is 4.79 Å². The fraction of sp³-hybridized carbons (Fsp3) is 0.318. The summed E-state index contributed by atoms with van der Waals surface area (Å²) in [7, 11) is -3.74. The molecule has 3 aromatic rings. The second-order valence-corrected chi connectivity index (χ2v) is 9.65. The van der Waals surface area contributed by atoms with Crippen molar-refractivity contribution in [2.75, 3.05) is 25.0 Å². The van der Waals surface area contributed by atoms with Crippen molar-refractivity contribution in [1.82, 2.24) is 4.31 Å². The van der Waals surface area contributed by atoms with Crippen LogP contribution in [0.2, 0.25) is 5.02 Å². The number of piperidine rings is 1. The third-order valence-electron chi connectivity index (χ3n) is 5.14. The van der Waals surface area contributed by atoms with Crippen molar-refractivity contribution < 1.29 is 22.4 Å². The number of hydrogen-bond donors (Lipinski definition) is 1. The maximum absolute atomic E-state index is 13.2. The second-order valence-electron chi connectivity index (χ2n) is 7.31. The third-order valence-corrected chi connectivity index (χ3v) is 7.29. The Labute approximate surface area is 186 Å². The van der Waals surface area contributed by atoms with Crippen molar-refractivity contribution in [2.24, 2.45) is 0 Å². The number of sulfonamides is 1. The van der Waals surface area contributed by atoms with E-state index in [1.807, 2.05) is 0 Å². The van der Waals surface area contributed by atoms with Gasteiger partial charge in [-0.25, -0.2) is 8.42 Å². The Kier molecular flexibility index (Phi) is 6.22. The molecule has 4 rings (SSSR count). The summed E-state index contributed by atoms with van der Waals surface area (Å²) in [5.41, 5.74) is 0.872. The van der Waals surface area contributed by atoms with Gasteiger partial charge in [0.2, 0.25) is 10.0 Å². The standard InChI is InChI=1S/C22H23ClN2O5S/c1-2-29-19-9-7-17(14-21(19)31(27,28)25-10-4-3-5-11-25)24-22(26)20-13-15-12-16(23)6-8-18(15)30-20/h6-9,12-14H,2-5,10-11H2,1H3,(H,24,26). The molecule has 0 spiro atoms. The van der Waals surface area contributed by atoms with Gasteiger partial charge in [0.05, 0.1) is 6.61 Å². The number of amides is 1. The van der Waals surface area contributed by atoms with E-state index in [1.165, 1.54) is 10.4 Å². The van der Waals surface area contributed by atoms with E-state index >= 15 is 0 Å². The minimum atomic E-state index is -3.74. The summed E-state index contributed by atoms with van der Waals surface area (Å²) < 4.78 is 39.1. The number of benzene rings is 2. The van der Waals surface area contributed by atoms with Crippen LogP contribution in [0.5, 0.6) is 5.75 Å². The molecule has 1 aromatic heterocycles. The Morgan fingerprint density at radius 1 is 1.13 bits per heavy atom. The number of halogens is 1. The Hall–Kier alpha value is -2.55. The highest BCUT2D eigenvalue weighted by atomic mass is 35.5. The SMILES string of the molecule is CCOc1ccc(NC(=O)c2cc3cc(Cl)ccc3o2)cc1S(=O)(=O)N1CCCCC1. The molecule has 7 nitrogen and oxygen atoms in total. The van der Waals surface area contributed by atoms with Crippen LogP contribution in [0.25, 0.3) is 11.0 Å². The molecule has 1 saturated heterocycles. The summed E-state index contributed by atoms with van der Waals surface area (Å²) in [5.74, 6) is -0.117. The average Bonchev–Trinajstić information content (AvgIpc) is 3.19. The molecule has 9 heteroatoms. The van der Waals surface area contributed by atoms with E-state index in [4.69, 9.17) is 20.8 Å². The van der Waals surface area contributed by atoms with Crippen molar-refractivity contribution in [1.29, 1.82) is 0 Å². The lowest BCUT2D eigenvalue weighted by Gasteiger charge is -2.27. The number of ether oxygens (including phenoxy) is 1. The zero-order valence-electron chi connectivity index (χ0n) is 17.1. The number of nitrogens with zero attached hydrogens (tertiary/aromatic N) is 1. The number of carbonyl (C=O) groups is 1. The molecule has 1 aliphatic rings. The molecule has 1 N–H and O–H groups in total. The summed E-state index contributed by atoms with van der Waals surface area (Å²) in [4.78, 5) is 12.8. The van der Waals surface area contributed by atoms with Crippen molar-refractivity contribution in [3.05, 3.63) is 53.2 Å². The summed E-state index contributed by atoms with van der Waals surface area (Å²) in [5, 5.41) is 3.96. The van der Waals surface area contributed by atoms with Crippen LogP contribution in [0, 0.1) is 0 Å². The van der Waals surface area contributed by atoms with E-state index in [1.54, 1.807) is 43.3 Å². The summed E-state index contributed by atoms with van der Waals surface area (Å²) in [6.07, 6.45) is 2.68. The minimum absolute atomic E-state index is 0.0467. The van der Waals surface area contributed by atoms with Crippen LogP contribution in [-0.4, -0.2) is 38.3 Å². The molecule has 1 fully saturated rings. The van der Waals surface area contributed by atoms with Crippen LogP contribution in [0.4, 0.5) is 5.69 Å². The molecular formula is C22H23ClN2O5S. The van der Waals surface area contributed by atoms with Gasteiger partial charge in [-0.15, -0.1) is 0 Å². The molecule has 0 aliphatic carbocycles. The Morgan fingerprint density at radius 3 is 2.65 bits per heavy atom. The number of anilines is 1. The monoisotopic (exact) mass is 462 g/mol. The molecule has 2 heterocycles. The smallest absolute Gasteiger partial charge is 0.291 e. The highest BCUT2D eigenvalue weighted by molar-refractivity contribution is 7.89. The maximum atomic E-state index is 13.2. The van der Waals surface area contributed by atoms with Gasteiger partial charge >= 0.3 is 0 Å². The van der Waals surface area contributed by atoms with Gasteiger partial charge in [0, 0.05) is 29.2 Å². The van der Waals surface area contributed by atoms with Crippen LogP contribution in [0.3, 0.4) is 0 Å². The van der Waals surface area contributed by atoms with Gasteiger partial charge in [-0.05, 0) is 62.2 Å². The molecule has 0 radical (unpaired) electrons. The van der Waals surface area contributed by atoms with Gasteiger partial charge < -0.3 is 14.5 Å². The van der Waals surface area contributed by atoms with Crippen LogP contribution in [0.15, 0.2) is 51.8 Å². The second kappa shape index (κ2) is 8.90. The molecule has 0 unspecified atom stereocenters. The quantitative estimate of drug-likeness (QED) is 0.562. The summed E-state index contributed by atoms with van der Waals surface area (Å²) in [6.45, 7) is 3.08. The van der Waals surface area contributed by atoms with Crippen LogP contribution < -0.4 is 10.1 Å². The van der Waals surface area contributed by atoms with Gasteiger partial charge in [0.25, 0.3) is 5.91 Å². The summed E-state index contributed by atoms with van der Waals surface area (Å²) in [6, 6.07) is 11.3. The molecule has 31 heavy (non-hydrogen) atoms. The molecule has 2 aromatic carbocycles. The highest BCUT2D eigenvalue weighted by Crippen LogP contribution is 2.32. The number of nitrogens with one attached hydrogen (secondary N) is 1. The highest BCUT2D eigenvalue weighted by Gasteiger charge is 2.29. The van der Waals surface area contributed by atoms with E-state index in [9.17, 15) is 13.2 Å². The lowest BCUT2D eigenvalue weighted by Crippen LogP contribution is -2.35. The van der Waals surface area contributed by atoms with Crippen molar-refractivity contribution in [2.45, 2.75) is 31.1 Å². The first kappa shape index (κ1) is 21.7. The molecule has 0 atom stereocenters. The predicted molar refractivity (Wildman–Crippen MR) is 119 cm³/mol. The Balaban J connectivity index is 1.63. The molecule has 1 amide bonds. The number of rotatable bonds is 6. The molecule has 0 saturated carbocycles. The number of hydrogen-bond acceptors (Lipinski definition) is 5. The van der Waals surface area contributed by atoms with E-state index < -0.39 is 15.9 Å². The van der Waals surface area contributed by atoms with Crippen molar-refractivity contribution in [3.8, 4) is 5.75 Å². The van der Waals surface area contributed by atoms with Crippen LogP contribution >= 0.6 is 11.6 Å². The zero-order valence-corrected chi connectivity index (χ0v) is 18.6. The first-order valence-corrected chi connectivity index (χ1v) is 12.0. The van der Waals surface area contributed by atoms with Gasteiger partial charge in [0.1, 0.15) is 16.2 Å². The van der Waals surface area contributed by atoms with E-state index in [0.717, 1.165) is 19.3 Å². The largest absolute Gasteiger partial charge is 0.492 e. The lowest BCUT2D eigenvalue weighted by molar-refractivity contribution is 0.0998. The van der Waals surface area contributed by atoms with E-state index in [2.05, 4.69) is 5.32 Å². The normalized spacial score (nSPS) is 15.2. The minimum Gasteiger partial charge on any atom is -0.492 e. The summed E-state index contributed by atoms with van der Waals surface area (Å²) >= 11 is 5.99. The van der Waals surface area contributed by atoms with E-state index in [-0.39, 0.29) is 16.4 Å². The zero-order chi connectivity index (χ0) is 22.0. The van der Waals surface area contributed by atoms with Crippen LogP contribution in [-0.2, 0) is 10.0 Å². The first-order valence-electron chi connectivity index (χ1n) is 10.2. The van der Waals surface area contributed by atoms with Gasteiger partial charge in [0.15, 0.2) is 5.76 Å². The lowest BCUT2D eigenvalue weighted by atomic mass is 10.2. The maximum Gasteiger partial charge on any atom is 0.291 e. The topological polar surface area (TPSA) is 88.8 Å². The predicted octanol–water partition coefficient (Wildman–Crippen LogP) is 4.91. The molecular weight excluding hydrogens is 440 g/mol. The average molecular weight is 463 g/mol. The Bertz CT molecular complexity index is 1220. The number of carbonyl (C=O) groups excluding carboxylic acids is 1. The van der Waals surface area contributed by atoms with Crippen molar-refractivity contribution >= 4 is 44.2 Å². The van der Waals surface area contributed by atoms with Crippen molar-refractivity contribution in [3.63, 3.8) is 0 Å². The molecule has 0 bridgehead atoms. The van der Waals surface area contributed by atoms with Gasteiger partial charge in [-0.2, -0.15) is 4.31 Å². The third kappa shape index (κ3) is 4.56. The fourth-order valence-electron chi connectivity index (χ4n) is 3.63.